The first-order valence-electron chi connectivity index (χ1n) is 6.98. The molecule has 21 heavy (non-hydrogen) atoms. The van der Waals surface area contributed by atoms with Gasteiger partial charge in [-0.25, -0.2) is 9.97 Å². The molecule has 1 aliphatic rings. The highest BCUT2D eigenvalue weighted by atomic mass is 16.2. The molecule has 1 fully saturated rings. The van der Waals surface area contributed by atoms with Crippen molar-refractivity contribution in [3.63, 3.8) is 0 Å². The van der Waals surface area contributed by atoms with Gasteiger partial charge in [-0.05, 0) is 25.5 Å². The summed E-state index contributed by atoms with van der Waals surface area (Å²) in [5, 5.41) is 3.35. The van der Waals surface area contributed by atoms with Crippen molar-refractivity contribution in [3.05, 3.63) is 48.2 Å². The highest BCUT2D eigenvalue weighted by Crippen LogP contribution is 2.16. The van der Waals surface area contributed by atoms with Crippen molar-refractivity contribution in [1.82, 2.24) is 19.9 Å². The summed E-state index contributed by atoms with van der Waals surface area (Å²) in [6, 6.07) is 7.50. The molecule has 0 aromatic carbocycles. The Kier molecular flexibility index (Phi) is 3.77. The van der Waals surface area contributed by atoms with Crippen LogP contribution in [0.1, 0.15) is 22.6 Å². The maximum Gasteiger partial charge on any atom is 0.272 e. The molecular formula is C15H17N5O. The molecule has 1 saturated heterocycles. The van der Waals surface area contributed by atoms with Gasteiger partial charge in [0.1, 0.15) is 17.8 Å². The van der Waals surface area contributed by atoms with Crippen LogP contribution in [-0.2, 0) is 0 Å². The number of anilines is 1. The number of aryl methyl sites for hydroxylation is 1. The number of carbonyl (C=O) groups excluding carboxylic acids is 1. The van der Waals surface area contributed by atoms with Gasteiger partial charge >= 0.3 is 0 Å². The zero-order chi connectivity index (χ0) is 14.7. The summed E-state index contributed by atoms with van der Waals surface area (Å²) in [5.41, 5.74) is 1.42. The van der Waals surface area contributed by atoms with Crippen molar-refractivity contribution in [2.24, 2.45) is 0 Å². The minimum atomic E-state index is -0.0150. The molecule has 108 valence electrons. The largest absolute Gasteiger partial charge is 0.365 e. The van der Waals surface area contributed by atoms with E-state index in [0.717, 1.165) is 24.5 Å². The minimum Gasteiger partial charge on any atom is -0.365 e. The van der Waals surface area contributed by atoms with Crippen molar-refractivity contribution in [1.29, 1.82) is 0 Å². The molecule has 3 rings (SSSR count). The van der Waals surface area contributed by atoms with E-state index in [1.165, 1.54) is 0 Å². The number of aromatic nitrogens is 3. The Morgan fingerprint density at radius 2 is 2.24 bits per heavy atom. The Hall–Kier alpha value is -2.50. The lowest BCUT2D eigenvalue weighted by atomic mass is 10.2. The fourth-order valence-electron chi connectivity index (χ4n) is 2.46. The summed E-state index contributed by atoms with van der Waals surface area (Å²) in [7, 11) is 0. The summed E-state index contributed by atoms with van der Waals surface area (Å²) in [6.45, 7) is 3.33. The van der Waals surface area contributed by atoms with Crippen LogP contribution in [0.4, 0.5) is 5.82 Å². The van der Waals surface area contributed by atoms with E-state index in [1.54, 1.807) is 18.6 Å². The first-order valence-corrected chi connectivity index (χ1v) is 6.98. The second-order valence-electron chi connectivity index (χ2n) is 5.14. The third-order valence-electron chi connectivity index (χ3n) is 3.52. The molecule has 0 radical (unpaired) electrons. The lowest BCUT2D eigenvalue weighted by Crippen LogP contribution is -2.32. The first-order chi connectivity index (χ1) is 10.2. The fourth-order valence-corrected chi connectivity index (χ4v) is 2.46. The highest BCUT2D eigenvalue weighted by molar-refractivity contribution is 5.92. The molecule has 1 atom stereocenters. The van der Waals surface area contributed by atoms with E-state index >= 15 is 0 Å². The zero-order valence-electron chi connectivity index (χ0n) is 11.9. The molecule has 0 aliphatic carbocycles. The average Bonchev–Trinajstić information content (AvgIpc) is 2.96. The number of likely N-dealkylation sites (tertiary alicyclic amines) is 1. The number of amides is 1. The molecule has 0 saturated carbocycles. The van der Waals surface area contributed by atoms with Crippen LogP contribution in [-0.4, -0.2) is 44.9 Å². The lowest BCUT2D eigenvalue weighted by molar-refractivity contribution is 0.0786. The van der Waals surface area contributed by atoms with Crippen molar-refractivity contribution in [3.8, 4) is 0 Å². The Bertz CT molecular complexity index is 631. The van der Waals surface area contributed by atoms with Crippen LogP contribution in [0.15, 0.2) is 36.8 Å². The predicted molar refractivity (Wildman–Crippen MR) is 78.9 cm³/mol. The van der Waals surface area contributed by atoms with Gasteiger partial charge in [0.2, 0.25) is 0 Å². The van der Waals surface area contributed by atoms with Crippen LogP contribution in [0.3, 0.4) is 0 Å². The normalized spacial score (nSPS) is 17.8. The van der Waals surface area contributed by atoms with E-state index in [1.807, 2.05) is 30.0 Å². The van der Waals surface area contributed by atoms with Gasteiger partial charge in [-0.2, -0.15) is 0 Å². The van der Waals surface area contributed by atoms with Gasteiger partial charge in [0.05, 0.1) is 0 Å². The van der Waals surface area contributed by atoms with Crippen LogP contribution < -0.4 is 5.32 Å². The van der Waals surface area contributed by atoms with Crippen molar-refractivity contribution in [2.75, 3.05) is 18.4 Å². The summed E-state index contributed by atoms with van der Waals surface area (Å²) in [6.07, 6.45) is 4.09. The maximum absolute atomic E-state index is 12.3. The second kappa shape index (κ2) is 5.87. The molecule has 1 N–H and O–H groups in total. The average molecular weight is 283 g/mol. The zero-order valence-corrected chi connectivity index (χ0v) is 11.9. The first kappa shape index (κ1) is 13.5. The van der Waals surface area contributed by atoms with Gasteiger partial charge in [-0.15, -0.1) is 0 Å². The van der Waals surface area contributed by atoms with Gasteiger partial charge < -0.3 is 10.2 Å². The number of nitrogens with one attached hydrogen (secondary N) is 1. The number of pyridine rings is 1. The van der Waals surface area contributed by atoms with E-state index in [9.17, 15) is 4.79 Å². The van der Waals surface area contributed by atoms with Crippen molar-refractivity contribution < 1.29 is 4.79 Å². The predicted octanol–water partition coefficient (Wildman–Crippen LogP) is 1.51. The molecule has 3 heterocycles. The number of hydrogen-bond donors (Lipinski definition) is 1. The Balaban J connectivity index is 1.62. The summed E-state index contributed by atoms with van der Waals surface area (Å²) in [4.78, 5) is 26.5. The molecule has 2 aromatic rings. The van der Waals surface area contributed by atoms with Crippen LogP contribution in [0.5, 0.6) is 0 Å². The number of carbonyl (C=O) groups is 1. The van der Waals surface area contributed by atoms with Gasteiger partial charge in [-0.3, -0.25) is 9.78 Å². The molecule has 0 bridgehead atoms. The van der Waals surface area contributed by atoms with E-state index in [-0.39, 0.29) is 11.9 Å². The standard InChI is InChI=1S/C15H17N5O/c1-11-8-14(18-10-17-11)19-12-5-7-20(9-12)15(21)13-4-2-3-6-16-13/h2-4,6,8,10,12H,5,7,9H2,1H3,(H,17,18,19)/t12-/m0/s1. The third kappa shape index (κ3) is 3.16. The monoisotopic (exact) mass is 283 g/mol. The van der Waals surface area contributed by atoms with E-state index < -0.39 is 0 Å². The number of hydrogen-bond acceptors (Lipinski definition) is 5. The topological polar surface area (TPSA) is 71.0 Å². The van der Waals surface area contributed by atoms with Gasteiger partial charge in [-0.1, -0.05) is 6.07 Å². The SMILES string of the molecule is Cc1cc(N[C@H]2CCN(C(=O)c3ccccn3)C2)ncn1. The molecular weight excluding hydrogens is 266 g/mol. The number of rotatable bonds is 3. The quantitative estimate of drug-likeness (QED) is 0.924. The maximum atomic E-state index is 12.3. The molecule has 6 heteroatoms. The Morgan fingerprint density at radius 1 is 1.33 bits per heavy atom. The van der Waals surface area contributed by atoms with Crippen molar-refractivity contribution >= 4 is 11.7 Å². The Labute approximate surface area is 123 Å². The summed E-state index contributed by atoms with van der Waals surface area (Å²) in [5.74, 6) is 0.790. The molecule has 2 aromatic heterocycles. The van der Waals surface area contributed by atoms with Gasteiger partial charge in [0, 0.05) is 37.1 Å². The smallest absolute Gasteiger partial charge is 0.272 e. The van der Waals surface area contributed by atoms with Crippen LogP contribution >= 0.6 is 0 Å². The van der Waals surface area contributed by atoms with Gasteiger partial charge in [0.25, 0.3) is 5.91 Å². The van der Waals surface area contributed by atoms with E-state index in [2.05, 4.69) is 20.3 Å². The highest BCUT2D eigenvalue weighted by Gasteiger charge is 2.27. The number of nitrogens with zero attached hydrogens (tertiary/aromatic N) is 4. The lowest BCUT2D eigenvalue weighted by Gasteiger charge is -2.17. The van der Waals surface area contributed by atoms with Gasteiger partial charge in [0.15, 0.2) is 0 Å². The minimum absolute atomic E-state index is 0.0150. The summed E-state index contributed by atoms with van der Waals surface area (Å²) < 4.78 is 0. The molecule has 1 aliphatic heterocycles. The second-order valence-corrected chi connectivity index (χ2v) is 5.14. The molecule has 0 unspecified atom stereocenters. The molecule has 1 amide bonds. The van der Waals surface area contributed by atoms with Crippen LogP contribution in [0, 0.1) is 6.92 Å². The Morgan fingerprint density at radius 3 is 3.00 bits per heavy atom. The van der Waals surface area contributed by atoms with E-state index in [0.29, 0.717) is 12.2 Å². The fraction of sp³-hybridized carbons (Fsp3) is 0.333. The van der Waals surface area contributed by atoms with Crippen LogP contribution in [0.2, 0.25) is 0 Å². The van der Waals surface area contributed by atoms with Crippen molar-refractivity contribution in [2.45, 2.75) is 19.4 Å². The van der Waals surface area contributed by atoms with Crippen LogP contribution in [0.25, 0.3) is 0 Å². The molecule has 6 nitrogen and oxygen atoms in total. The molecule has 0 spiro atoms. The van der Waals surface area contributed by atoms with E-state index in [4.69, 9.17) is 0 Å². The summed E-state index contributed by atoms with van der Waals surface area (Å²) >= 11 is 0. The third-order valence-corrected chi connectivity index (χ3v) is 3.52.